The molecule has 1 heteroatoms. The van der Waals surface area contributed by atoms with Crippen molar-refractivity contribution >= 4 is 5.78 Å². The first-order valence-electron chi connectivity index (χ1n) is 5.87. The van der Waals surface area contributed by atoms with Crippen LogP contribution >= 0.6 is 0 Å². The highest BCUT2D eigenvalue weighted by atomic mass is 16.1. The molecule has 3 atom stereocenters. The second-order valence-corrected chi connectivity index (χ2v) is 5.54. The SMILES string of the molecule is CC1=CC(=O)[C@@]23CCC[C@@]12[C@H](C)CC3. The van der Waals surface area contributed by atoms with Gasteiger partial charge in [0, 0.05) is 10.8 Å². The fourth-order valence-corrected chi connectivity index (χ4v) is 4.80. The van der Waals surface area contributed by atoms with Crippen LogP contribution in [-0.4, -0.2) is 5.78 Å². The van der Waals surface area contributed by atoms with E-state index >= 15 is 0 Å². The van der Waals surface area contributed by atoms with Gasteiger partial charge in [0.1, 0.15) is 0 Å². The Hall–Kier alpha value is -0.590. The molecule has 76 valence electrons. The fraction of sp³-hybridized carbons (Fsp3) is 0.769. The van der Waals surface area contributed by atoms with Crippen molar-refractivity contribution in [3.8, 4) is 0 Å². The summed E-state index contributed by atoms with van der Waals surface area (Å²) in [6.07, 6.45) is 8.06. The normalized spacial score (nSPS) is 50.6. The zero-order valence-electron chi connectivity index (χ0n) is 9.10. The largest absolute Gasteiger partial charge is 0.294 e. The van der Waals surface area contributed by atoms with Crippen molar-refractivity contribution < 1.29 is 4.79 Å². The van der Waals surface area contributed by atoms with Crippen molar-refractivity contribution in [2.75, 3.05) is 0 Å². The van der Waals surface area contributed by atoms with Crippen LogP contribution in [0.3, 0.4) is 0 Å². The predicted octanol–water partition coefficient (Wildman–Crippen LogP) is 3.10. The molecule has 0 heterocycles. The number of carbonyl (C=O) groups is 1. The van der Waals surface area contributed by atoms with Crippen LogP contribution in [0.25, 0.3) is 0 Å². The number of carbonyl (C=O) groups excluding carboxylic acids is 1. The molecule has 0 unspecified atom stereocenters. The number of ketones is 1. The van der Waals surface area contributed by atoms with Crippen molar-refractivity contribution in [1.29, 1.82) is 0 Å². The van der Waals surface area contributed by atoms with Gasteiger partial charge in [-0.3, -0.25) is 4.79 Å². The van der Waals surface area contributed by atoms with Crippen LogP contribution in [-0.2, 0) is 4.79 Å². The third-order valence-corrected chi connectivity index (χ3v) is 5.40. The smallest absolute Gasteiger partial charge is 0.162 e. The third kappa shape index (κ3) is 0.627. The van der Waals surface area contributed by atoms with Crippen molar-refractivity contribution in [2.45, 2.75) is 46.0 Å². The molecule has 0 amide bonds. The molecule has 0 aromatic heterocycles. The lowest BCUT2D eigenvalue weighted by molar-refractivity contribution is -0.125. The van der Waals surface area contributed by atoms with Crippen LogP contribution in [0.1, 0.15) is 46.0 Å². The van der Waals surface area contributed by atoms with Crippen LogP contribution in [0.4, 0.5) is 0 Å². The van der Waals surface area contributed by atoms with E-state index in [1.165, 1.54) is 24.8 Å². The van der Waals surface area contributed by atoms with Gasteiger partial charge in [-0.15, -0.1) is 0 Å². The van der Waals surface area contributed by atoms with E-state index in [1.54, 1.807) is 0 Å². The van der Waals surface area contributed by atoms with Gasteiger partial charge < -0.3 is 0 Å². The Morgan fingerprint density at radius 3 is 2.86 bits per heavy atom. The quantitative estimate of drug-likeness (QED) is 0.573. The third-order valence-electron chi connectivity index (χ3n) is 5.40. The van der Waals surface area contributed by atoms with Gasteiger partial charge in [0.2, 0.25) is 0 Å². The first kappa shape index (κ1) is 8.70. The van der Waals surface area contributed by atoms with Gasteiger partial charge in [0.25, 0.3) is 0 Å². The van der Waals surface area contributed by atoms with Crippen LogP contribution in [0.15, 0.2) is 11.6 Å². The molecular formula is C13H18O. The van der Waals surface area contributed by atoms with Gasteiger partial charge in [0.05, 0.1) is 0 Å². The van der Waals surface area contributed by atoms with E-state index in [9.17, 15) is 4.79 Å². The summed E-state index contributed by atoms with van der Waals surface area (Å²) in [7, 11) is 0. The van der Waals surface area contributed by atoms with Gasteiger partial charge in [-0.1, -0.05) is 18.9 Å². The van der Waals surface area contributed by atoms with Gasteiger partial charge in [0.15, 0.2) is 5.78 Å². The van der Waals surface area contributed by atoms with Gasteiger partial charge in [-0.05, 0) is 44.6 Å². The average Bonchev–Trinajstić information content (AvgIpc) is 2.69. The van der Waals surface area contributed by atoms with Crippen LogP contribution in [0.2, 0.25) is 0 Å². The first-order valence-corrected chi connectivity index (χ1v) is 5.87. The minimum atomic E-state index is 0.0660. The van der Waals surface area contributed by atoms with Crippen molar-refractivity contribution in [2.24, 2.45) is 16.7 Å². The molecule has 3 rings (SSSR count). The maximum Gasteiger partial charge on any atom is 0.162 e. The molecule has 14 heavy (non-hydrogen) atoms. The molecule has 2 saturated carbocycles. The number of hydrogen-bond donors (Lipinski definition) is 0. The summed E-state index contributed by atoms with van der Waals surface area (Å²) in [6.45, 7) is 4.54. The van der Waals surface area contributed by atoms with Crippen molar-refractivity contribution in [3.63, 3.8) is 0 Å². The Morgan fingerprint density at radius 2 is 2.14 bits per heavy atom. The summed E-state index contributed by atoms with van der Waals surface area (Å²) in [5.74, 6) is 1.18. The molecule has 3 aliphatic rings. The molecule has 0 spiro atoms. The monoisotopic (exact) mass is 190 g/mol. The standard InChI is InChI=1S/C13H18O/c1-9-4-7-12-5-3-6-13(9,12)10(2)8-11(12)14/h8-9H,3-7H2,1-2H3/t9-,12+,13-/m1/s1. The maximum absolute atomic E-state index is 12.1. The molecule has 0 aromatic rings. The topological polar surface area (TPSA) is 17.1 Å². The summed E-state index contributed by atoms with van der Waals surface area (Å²) in [4.78, 5) is 12.1. The Bertz CT molecular complexity index is 341. The molecule has 0 bridgehead atoms. The van der Waals surface area contributed by atoms with Crippen molar-refractivity contribution in [1.82, 2.24) is 0 Å². The van der Waals surface area contributed by atoms with E-state index in [-0.39, 0.29) is 5.41 Å². The molecule has 0 N–H and O–H groups in total. The van der Waals surface area contributed by atoms with Crippen LogP contribution in [0.5, 0.6) is 0 Å². The van der Waals surface area contributed by atoms with Gasteiger partial charge in [-0.2, -0.15) is 0 Å². The van der Waals surface area contributed by atoms with E-state index in [4.69, 9.17) is 0 Å². The second-order valence-electron chi connectivity index (χ2n) is 5.54. The second kappa shape index (κ2) is 2.32. The maximum atomic E-state index is 12.1. The van der Waals surface area contributed by atoms with E-state index in [0.717, 1.165) is 18.8 Å². The summed E-state index contributed by atoms with van der Waals surface area (Å²) in [6, 6.07) is 0. The Morgan fingerprint density at radius 1 is 1.36 bits per heavy atom. The lowest BCUT2D eigenvalue weighted by Crippen LogP contribution is -2.37. The highest BCUT2D eigenvalue weighted by Crippen LogP contribution is 2.71. The molecular weight excluding hydrogens is 172 g/mol. The van der Waals surface area contributed by atoms with Crippen LogP contribution < -0.4 is 0 Å². The molecule has 0 aliphatic heterocycles. The molecule has 1 nitrogen and oxygen atoms in total. The average molecular weight is 190 g/mol. The number of allylic oxidation sites excluding steroid dienone is 2. The van der Waals surface area contributed by atoms with E-state index < -0.39 is 0 Å². The minimum Gasteiger partial charge on any atom is -0.294 e. The van der Waals surface area contributed by atoms with Gasteiger partial charge in [-0.25, -0.2) is 0 Å². The van der Waals surface area contributed by atoms with E-state index in [0.29, 0.717) is 11.2 Å². The highest BCUT2D eigenvalue weighted by molar-refractivity contribution is 6.00. The Kier molecular flexibility index (Phi) is 1.44. The van der Waals surface area contributed by atoms with Crippen LogP contribution in [0, 0.1) is 16.7 Å². The zero-order valence-corrected chi connectivity index (χ0v) is 9.10. The van der Waals surface area contributed by atoms with Gasteiger partial charge >= 0.3 is 0 Å². The summed E-state index contributed by atoms with van der Waals surface area (Å²) < 4.78 is 0. The first-order chi connectivity index (χ1) is 6.63. The minimum absolute atomic E-state index is 0.0660. The number of hydrogen-bond acceptors (Lipinski definition) is 1. The molecule has 0 aromatic carbocycles. The Balaban J connectivity index is 2.22. The summed E-state index contributed by atoms with van der Waals surface area (Å²) in [5, 5.41) is 0. The lowest BCUT2D eigenvalue weighted by Gasteiger charge is -2.38. The Labute approximate surface area is 85.6 Å². The molecule has 0 radical (unpaired) electrons. The predicted molar refractivity (Wildman–Crippen MR) is 55.9 cm³/mol. The number of rotatable bonds is 0. The summed E-state index contributed by atoms with van der Waals surface area (Å²) in [5.41, 5.74) is 1.76. The lowest BCUT2D eigenvalue weighted by atomic mass is 9.64. The van der Waals surface area contributed by atoms with E-state index in [1.807, 2.05) is 6.08 Å². The molecule has 0 saturated heterocycles. The van der Waals surface area contributed by atoms with Crippen molar-refractivity contribution in [3.05, 3.63) is 11.6 Å². The molecule has 2 fully saturated rings. The summed E-state index contributed by atoms with van der Waals surface area (Å²) >= 11 is 0. The highest BCUT2D eigenvalue weighted by Gasteiger charge is 2.67. The molecule has 3 aliphatic carbocycles. The zero-order chi connectivity index (χ0) is 9.97. The fourth-order valence-electron chi connectivity index (χ4n) is 4.80. The van der Waals surface area contributed by atoms with E-state index in [2.05, 4.69) is 13.8 Å².